The van der Waals surface area contributed by atoms with Gasteiger partial charge >= 0.3 is 5.63 Å². The van der Waals surface area contributed by atoms with Gasteiger partial charge in [0.1, 0.15) is 35.0 Å². The fraction of sp³-hybridized carbons (Fsp3) is 0.414. The Morgan fingerprint density at radius 1 is 0.947 bits per heavy atom. The predicted molar refractivity (Wildman–Crippen MR) is 144 cm³/mol. The highest BCUT2D eigenvalue weighted by Crippen LogP contribution is 2.47. The number of methoxy groups -OCH3 is 2. The van der Waals surface area contributed by atoms with Crippen LogP contribution in [0.4, 0.5) is 0 Å². The summed E-state index contributed by atoms with van der Waals surface area (Å²) in [6.45, 7) is 3.73. The van der Waals surface area contributed by atoms with Crippen molar-refractivity contribution < 1.29 is 33.9 Å². The Balaban J connectivity index is 1.93. The Morgan fingerprint density at radius 2 is 1.63 bits per heavy atom. The largest absolute Gasteiger partial charge is 0.507 e. The highest BCUT2D eigenvalue weighted by Gasteiger charge is 2.45. The molecule has 5 atom stereocenters. The van der Waals surface area contributed by atoms with Gasteiger partial charge in [-0.3, -0.25) is 0 Å². The number of benzene rings is 3. The number of aryl methyl sites for hydroxylation is 1. The van der Waals surface area contributed by atoms with Gasteiger partial charge in [-0.15, -0.1) is 0 Å². The van der Waals surface area contributed by atoms with E-state index < -0.39 is 36.1 Å². The lowest BCUT2D eigenvalue weighted by Crippen LogP contribution is -2.58. The van der Waals surface area contributed by atoms with Crippen LogP contribution in [-0.4, -0.2) is 72.9 Å². The molecule has 5 rings (SSSR count). The monoisotopic (exact) mass is 523 g/mol. The molecule has 3 N–H and O–H groups in total. The number of hydrogen-bond donors (Lipinski definition) is 3. The van der Waals surface area contributed by atoms with Crippen molar-refractivity contribution in [3.05, 3.63) is 51.9 Å². The third kappa shape index (κ3) is 3.89. The Bertz CT molecular complexity index is 1590. The van der Waals surface area contributed by atoms with E-state index in [0.29, 0.717) is 50.4 Å². The number of aromatic hydroxyl groups is 1. The quantitative estimate of drug-likeness (QED) is 0.267. The molecule has 0 saturated carbocycles. The molecule has 1 saturated heterocycles. The molecule has 0 bridgehead atoms. The van der Waals surface area contributed by atoms with Gasteiger partial charge in [0.25, 0.3) is 0 Å². The minimum absolute atomic E-state index is 0.0823. The van der Waals surface area contributed by atoms with Gasteiger partial charge in [-0.2, -0.15) is 0 Å². The Labute approximate surface area is 219 Å². The summed E-state index contributed by atoms with van der Waals surface area (Å²) in [5.41, 5.74) is 1.07. The van der Waals surface area contributed by atoms with E-state index >= 15 is 0 Å². The third-order valence-electron chi connectivity index (χ3n) is 7.66. The van der Waals surface area contributed by atoms with Gasteiger partial charge in [0.05, 0.1) is 43.2 Å². The van der Waals surface area contributed by atoms with E-state index in [1.54, 1.807) is 51.2 Å². The molecule has 1 aliphatic rings. The van der Waals surface area contributed by atoms with E-state index in [9.17, 15) is 20.1 Å². The smallest absolute Gasteiger partial charge is 0.344 e. The molecule has 9 heteroatoms. The highest BCUT2D eigenvalue weighted by atomic mass is 16.5. The van der Waals surface area contributed by atoms with Gasteiger partial charge in [-0.1, -0.05) is 13.0 Å². The molecule has 0 aliphatic carbocycles. The molecule has 0 radical (unpaired) electrons. The van der Waals surface area contributed by atoms with Crippen molar-refractivity contribution in [2.24, 2.45) is 0 Å². The van der Waals surface area contributed by atoms with Crippen LogP contribution in [0, 0.1) is 0 Å². The van der Waals surface area contributed by atoms with Crippen molar-refractivity contribution in [2.75, 3.05) is 28.3 Å². The first-order chi connectivity index (χ1) is 18.1. The summed E-state index contributed by atoms with van der Waals surface area (Å²) in [6.07, 6.45) is -2.85. The predicted octanol–water partition coefficient (Wildman–Crippen LogP) is 3.50. The Hall–Kier alpha value is -3.37. The molecule has 2 heterocycles. The number of aliphatic hydroxyl groups is 2. The zero-order chi connectivity index (χ0) is 27.5. The second-order valence-electron chi connectivity index (χ2n) is 10.0. The van der Waals surface area contributed by atoms with Crippen LogP contribution < -0.4 is 15.1 Å². The second kappa shape index (κ2) is 9.74. The number of fused-ring (bicyclic) bond motifs is 5. The van der Waals surface area contributed by atoms with Crippen LogP contribution >= 0.6 is 0 Å². The summed E-state index contributed by atoms with van der Waals surface area (Å²) in [5.74, 6) is 0.783. The molecular weight excluding hydrogens is 490 g/mol. The maximum Gasteiger partial charge on any atom is 0.344 e. The first-order valence-electron chi connectivity index (χ1n) is 12.6. The average Bonchev–Trinajstić information content (AvgIpc) is 2.90. The molecule has 1 aromatic heterocycles. The van der Waals surface area contributed by atoms with Crippen LogP contribution in [0.15, 0.2) is 39.5 Å². The summed E-state index contributed by atoms with van der Waals surface area (Å²) in [6, 6.07) is 7.92. The van der Waals surface area contributed by atoms with E-state index in [0.717, 1.165) is 5.56 Å². The van der Waals surface area contributed by atoms with Gasteiger partial charge in [0, 0.05) is 16.2 Å². The topological polar surface area (TPSA) is 122 Å². The first-order valence-corrected chi connectivity index (χ1v) is 12.6. The maximum atomic E-state index is 13.4. The minimum atomic E-state index is -1.13. The Kier molecular flexibility index (Phi) is 6.73. The molecule has 1 aliphatic heterocycles. The average molecular weight is 524 g/mol. The molecule has 0 spiro atoms. The number of rotatable bonds is 5. The standard InChI is InChI=1S/C29H33NO8/c1-7-14-10-17-21(19(11-14)35-5)16-12-20(36-6)23-18(31)9-8-15(22(23)27(16)38-29(17)34)28-26(33)24(30(3)4)25(32)13(2)37-28/h8-13,24-26,28,31-33H,7H2,1-6H3/t13-,24+,25+,26-,28+/m1/s1. The summed E-state index contributed by atoms with van der Waals surface area (Å²) in [7, 11) is 6.60. The van der Waals surface area contributed by atoms with E-state index in [4.69, 9.17) is 18.6 Å². The van der Waals surface area contributed by atoms with Crippen LogP contribution in [0.2, 0.25) is 0 Å². The second-order valence-corrected chi connectivity index (χ2v) is 10.0. The summed E-state index contributed by atoms with van der Waals surface area (Å²) >= 11 is 0. The number of hydrogen-bond acceptors (Lipinski definition) is 9. The molecule has 38 heavy (non-hydrogen) atoms. The van der Waals surface area contributed by atoms with Crippen molar-refractivity contribution in [2.45, 2.75) is 50.7 Å². The molecular formula is C29H33NO8. The van der Waals surface area contributed by atoms with E-state index in [2.05, 4.69) is 0 Å². The van der Waals surface area contributed by atoms with Gasteiger partial charge in [0.15, 0.2) is 0 Å². The molecule has 1 fully saturated rings. The van der Waals surface area contributed by atoms with E-state index in [-0.39, 0.29) is 11.3 Å². The SMILES string of the molecule is CCc1cc(OC)c2c(c1)c(=O)oc1c2cc(OC)c2c(O)ccc([C@@H]3O[C@H](C)[C@H](O)[C@H](N(C)C)[C@H]3O)c21. The third-order valence-corrected chi connectivity index (χ3v) is 7.66. The maximum absolute atomic E-state index is 13.4. The molecule has 0 unspecified atom stereocenters. The summed E-state index contributed by atoms with van der Waals surface area (Å²) in [5, 5.41) is 35.3. The molecule has 3 aromatic carbocycles. The van der Waals surface area contributed by atoms with E-state index in [1.165, 1.54) is 13.2 Å². The molecule has 202 valence electrons. The number of phenols is 1. The number of phenolic OH excluding ortho intramolecular Hbond substituents is 1. The Morgan fingerprint density at radius 3 is 2.26 bits per heavy atom. The summed E-state index contributed by atoms with van der Waals surface area (Å²) in [4.78, 5) is 15.1. The van der Waals surface area contributed by atoms with Crippen LogP contribution in [-0.2, 0) is 11.2 Å². The minimum Gasteiger partial charge on any atom is -0.507 e. The van der Waals surface area contributed by atoms with Crippen molar-refractivity contribution >= 4 is 32.5 Å². The van der Waals surface area contributed by atoms with Crippen LogP contribution in [0.1, 0.15) is 31.1 Å². The number of likely N-dealkylation sites (N-methyl/N-ethyl adjacent to an activating group) is 1. The lowest BCUT2D eigenvalue weighted by Gasteiger charge is -2.45. The van der Waals surface area contributed by atoms with Crippen molar-refractivity contribution in [1.82, 2.24) is 4.90 Å². The number of ether oxygens (including phenoxy) is 3. The zero-order valence-electron chi connectivity index (χ0n) is 22.3. The summed E-state index contributed by atoms with van der Waals surface area (Å²) < 4.78 is 23.5. The molecule has 4 aromatic rings. The van der Waals surface area contributed by atoms with Crippen LogP contribution in [0.25, 0.3) is 32.5 Å². The molecule has 0 amide bonds. The zero-order valence-corrected chi connectivity index (χ0v) is 22.3. The first kappa shape index (κ1) is 26.2. The van der Waals surface area contributed by atoms with Gasteiger partial charge < -0.3 is 38.8 Å². The van der Waals surface area contributed by atoms with E-state index in [1.807, 2.05) is 13.0 Å². The fourth-order valence-corrected chi connectivity index (χ4v) is 5.74. The molecule has 9 nitrogen and oxygen atoms in total. The van der Waals surface area contributed by atoms with Crippen molar-refractivity contribution in [3.8, 4) is 17.2 Å². The lowest BCUT2D eigenvalue weighted by molar-refractivity contribution is -0.197. The van der Waals surface area contributed by atoms with Crippen LogP contribution in [0.3, 0.4) is 0 Å². The van der Waals surface area contributed by atoms with Crippen LogP contribution in [0.5, 0.6) is 17.2 Å². The van der Waals surface area contributed by atoms with Gasteiger partial charge in [-0.25, -0.2) is 4.79 Å². The van der Waals surface area contributed by atoms with Crippen molar-refractivity contribution in [1.29, 1.82) is 0 Å². The fourth-order valence-electron chi connectivity index (χ4n) is 5.74. The lowest BCUT2D eigenvalue weighted by atomic mass is 9.86. The normalized spacial score (nSPS) is 24.0. The van der Waals surface area contributed by atoms with Gasteiger partial charge in [-0.05, 0) is 62.8 Å². The van der Waals surface area contributed by atoms with Crippen molar-refractivity contribution in [3.63, 3.8) is 0 Å². The number of nitrogens with zero attached hydrogens (tertiary/aromatic N) is 1. The number of aliphatic hydroxyl groups excluding tert-OH is 2. The van der Waals surface area contributed by atoms with Gasteiger partial charge in [0.2, 0.25) is 0 Å². The highest BCUT2D eigenvalue weighted by molar-refractivity contribution is 6.19.